The Hall–Kier alpha value is 1.49. The van der Waals surface area contributed by atoms with Gasteiger partial charge in [-0.05, 0) is 162 Å². The smallest absolute Gasteiger partial charge is 0.462 e. The molecule has 0 fully saturated rings. The van der Waals surface area contributed by atoms with Crippen LogP contribution in [0.5, 0.6) is 0 Å². The van der Waals surface area contributed by atoms with Crippen molar-refractivity contribution in [2.75, 3.05) is 6.61 Å². The second-order valence-electron chi connectivity index (χ2n) is 20.9. The first-order chi connectivity index (χ1) is 23.2. The topological polar surface area (TPSA) is 100 Å². The Labute approximate surface area is 342 Å². The van der Waals surface area contributed by atoms with Gasteiger partial charge in [0.2, 0.25) is 19.5 Å². The van der Waals surface area contributed by atoms with Gasteiger partial charge in [0, 0.05) is 17.3 Å². The lowest BCUT2D eigenvalue weighted by atomic mass is 10.4. The van der Waals surface area contributed by atoms with Crippen molar-refractivity contribution in [2.45, 2.75) is 174 Å². The molecule has 0 amide bonds. The van der Waals surface area contributed by atoms with E-state index in [1.165, 1.54) is 0 Å². The van der Waals surface area contributed by atoms with Crippen LogP contribution in [0.4, 0.5) is 0 Å². The molecule has 0 N–H and O–H groups in total. The Balaban J connectivity index is 7.37. The molecule has 0 aromatic carbocycles. The van der Waals surface area contributed by atoms with Crippen LogP contribution in [0.1, 0.15) is 13.3 Å². The monoisotopic (exact) mass is 948 g/mol. The van der Waals surface area contributed by atoms with E-state index in [9.17, 15) is 4.79 Å². The second kappa shape index (κ2) is 20.6. The van der Waals surface area contributed by atoms with Gasteiger partial charge in [-0.25, -0.2) is 4.79 Å². The molecule has 0 bridgehead atoms. The van der Waals surface area contributed by atoms with Crippen molar-refractivity contribution in [3.63, 3.8) is 0 Å². The summed E-state index contributed by atoms with van der Waals surface area (Å²) in [7, 11) is -23.4. The van der Waals surface area contributed by atoms with Crippen LogP contribution in [-0.2, 0) is 42.5 Å². The minimum absolute atomic E-state index is 0.234. The van der Waals surface area contributed by atoms with E-state index >= 15 is 0 Å². The van der Waals surface area contributed by atoms with Gasteiger partial charge in [-0.15, -0.1) is 0 Å². The zero-order valence-electron chi connectivity index (χ0n) is 38.0. The first kappa shape index (κ1) is 54.5. The largest absolute Gasteiger partial charge is 0.469 e. The van der Waals surface area contributed by atoms with Crippen molar-refractivity contribution in [3.8, 4) is 0 Å². The standard InChI is InChI=1S/C31H80O10Si12/c1-30(2)31(32)33-25-24-26-52(39-49(18,19)27-42-34-44(3,4)5,40-50(20,21)28-43-35-45(6,7)8)41-51(22,23)29-53(36-46(9,10)11,37-47(12,13)14)38-48(15,16)17/h1,24-29H2,2-23H3. The Morgan fingerprint density at radius 3 is 1.13 bits per heavy atom. The van der Waals surface area contributed by atoms with E-state index in [4.69, 9.17) is 37.7 Å². The summed E-state index contributed by atoms with van der Waals surface area (Å²) < 4.78 is 62.6. The number of hydrogen-bond donors (Lipinski definition) is 0. The number of ether oxygens (including phenoxy) is 1. The molecule has 0 saturated heterocycles. The molecule has 0 unspecified atom stereocenters. The van der Waals surface area contributed by atoms with Crippen LogP contribution in [0, 0.1) is 0 Å². The molecule has 0 spiro atoms. The van der Waals surface area contributed by atoms with Gasteiger partial charge in [0.25, 0.3) is 0 Å². The van der Waals surface area contributed by atoms with Crippen molar-refractivity contribution in [1.82, 2.24) is 0 Å². The third kappa shape index (κ3) is 27.7. The molecule has 22 heteroatoms. The zero-order chi connectivity index (χ0) is 42.2. The van der Waals surface area contributed by atoms with Crippen molar-refractivity contribution >= 4 is 110 Å². The predicted molar refractivity (Wildman–Crippen MR) is 250 cm³/mol. The third-order valence-corrected chi connectivity index (χ3v) is 47.9. The van der Waals surface area contributed by atoms with Crippen molar-refractivity contribution in [3.05, 3.63) is 12.2 Å². The molecule has 0 aliphatic carbocycles. The van der Waals surface area contributed by atoms with Crippen LogP contribution in [0.3, 0.4) is 0 Å². The minimum atomic E-state index is -3.49. The lowest BCUT2D eigenvalue weighted by Crippen LogP contribution is -2.67. The van der Waals surface area contributed by atoms with Gasteiger partial charge >= 0.3 is 23.6 Å². The molecule has 10 nitrogen and oxygen atoms in total. The van der Waals surface area contributed by atoms with E-state index in [0.717, 1.165) is 11.3 Å². The van der Waals surface area contributed by atoms with Crippen LogP contribution in [-0.4, -0.2) is 116 Å². The third-order valence-electron chi connectivity index (χ3n) is 6.28. The Morgan fingerprint density at radius 1 is 0.491 bits per heavy atom. The fourth-order valence-corrected chi connectivity index (χ4v) is 49.4. The highest BCUT2D eigenvalue weighted by Gasteiger charge is 2.58. The molecule has 0 aliphatic rings. The maximum Gasteiger partial charge on any atom is 0.469 e. The fourth-order valence-electron chi connectivity index (χ4n) is 5.11. The van der Waals surface area contributed by atoms with E-state index in [1.54, 1.807) is 6.92 Å². The van der Waals surface area contributed by atoms with Gasteiger partial charge in [0.05, 0.1) is 6.61 Å². The summed E-state index contributed by atoms with van der Waals surface area (Å²) in [5.41, 5.74) is 2.69. The summed E-state index contributed by atoms with van der Waals surface area (Å²) in [4.78, 5) is 12.4. The van der Waals surface area contributed by atoms with Gasteiger partial charge in [-0.2, -0.15) is 0 Å². The van der Waals surface area contributed by atoms with Gasteiger partial charge < -0.3 is 37.7 Å². The molecule has 0 aromatic rings. The Bertz CT molecular complexity index is 1080. The Morgan fingerprint density at radius 2 is 0.830 bits per heavy atom. The average molecular weight is 950 g/mol. The SMILES string of the molecule is C=C(C)C(=O)OCCC[Si](O[Si](C)(C)C[Si]O[Si](C)(C)C)(O[Si](C)(C)C[Si]O[Si](C)(C)C)O[Si](C)(C)C[Si](O[Si](C)(C)C)(O[Si](C)(C)C)O[Si](C)(C)C. The molecule has 0 aliphatic heterocycles. The van der Waals surface area contributed by atoms with E-state index in [2.05, 4.69) is 144 Å². The maximum atomic E-state index is 12.4. The number of hydrogen-bond acceptors (Lipinski definition) is 10. The van der Waals surface area contributed by atoms with Crippen LogP contribution in [0.15, 0.2) is 12.2 Å². The molecule has 0 heterocycles. The van der Waals surface area contributed by atoms with Crippen molar-refractivity contribution < 1.29 is 42.5 Å². The molecule has 0 aromatic heterocycles. The van der Waals surface area contributed by atoms with Gasteiger partial charge in [-0.3, -0.25) is 0 Å². The highest BCUT2D eigenvalue weighted by molar-refractivity contribution is 6.99. The zero-order valence-corrected chi connectivity index (χ0v) is 50.0. The highest BCUT2D eigenvalue weighted by Crippen LogP contribution is 2.38. The van der Waals surface area contributed by atoms with Gasteiger partial charge in [-0.1, -0.05) is 6.58 Å². The first-order valence-corrected chi connectivity index (χ1v) is 51.5. The summed E-state index contributed by atoms with van der Waals surface area (Å²) in [6.45, 7) is 52.6. The molecular weight excluding hydrogens is 869 g/mol. The fraction of sp³-hybridized carbons (Fsp3) is 0.903. The van der Waals surface area contributed by atoms with Crippen LogP contribution in [0.2, 0.25) is 161 Å². The average Bonchev–Trinajstić information content (AvgIpc) is 2.79. The Kier molecular flexibility index (Phi) is 21.2. The quantitative estimate of drug-likeness (QED) is 0.0343. The summed E-state index contributed by atoms with van der Waals surface area (Å²) >= 11 is 0. The second-order valence-corrected chi connectivity index (χ2v) is 67.1. The summed E-state index contributed by atoms with van der Waals surface area (Å²) in [5.74, 6) is -0.389. The summed E-state index contributed by atoms with van der Waals surface area (Å²) in [6, 6.07) is 0.531. The normalized spacial score (nSPS) is 14.8. The number of carbonyl (C=O) groups excluding carboxylic acids is 1. The number of esters is 1. The maximum absolute atomic E-state index is 12.4. The van der Waals surface area contributed by atoms with Crippen LogP contribution in [0.25, 0.3) is 0 Å². The first-order valence-electron chi connectivity index (χ1n) is 19.0. The predicted octanol–water partition coefficient (Wildman–Crippen LogP) is 9.99. The summed E-state index contributed by atoms with van der Waals surface area (Å²) in [6.07, 6.45) is 0.552. The van der Waals surface area contributed by atoms with Gasteiger partial charge in [0.1, 0.15) is 0 Å². The molecule has 0 saturated carbocycles. The van der Waals surface area contributed by atoms with Crippen LogP contribution >= 0.6 is 0 Å². The molecule has 0 rings (SSSR count). The van der Waals surface area contributed by atoms with E-state index in [1.807, 2.05) is 0 Å². The number of carbonyl (C=O) groups is 1. The lowest BCUT2D eigenvalue weighted by molar-refractivity contribution is -0.139. The van der Waals surface area contributed by atoms with Crippen molar-refractivity contribution in [2.24, 2.45) is 0 Å². The molecular formula is C31H80O10Si12. The van der Waals surface area contributed by atoms with E-state index in [-0.39, 0.29) is 12.6 Å². The number of rotatable bonds is 27. The minimum Gasteiger partial charge on any atom is -0.462 e. The van der Waals surface area contributed by atoms with Crippen molar-refractivity contribution in [1.29, 1.82) is 0 Å². The van der Waals surface area contributed by atoms with E-state index in [0.29, 0.717) is 43.2 Å². The molecule has 53 heavy (non-hydrogen) atoms. The summed E-state index contributed by atoms with van der Waals surface area (Å²) in [5, 5.41) is 0. The molecule has 0 atom stereocenters. The molecule has 312 valence electrons. The highest BCUT2D eigenvalue weighted by atomic mass is 28.5. The van der Waals surface area contributed by atoms with E-state index < -0.39 is 84.1 Å². The van der Waals surface area contributed by atoms with Gasteiger partial charge in [0.15, 0.2) is 66.5 Å². The van der Waals surface area contributed by atoms with Crippen LogP contribution < -0.4 is 0 Å². The lowest BCUT2D eigenvalue weighted by Gasteiger charge is -2.48. The molecule has 4 radical (unpaired) electrons.